The number of aliphatic carboxylic acids is 1. The topological polar surface area (TPSA) is 37.3 Å². The van der Waals surface area contributed by atoms with Crippen LogP contribution in [0.25, 0.3) is 0 Å². The Morgan fingerprint density at radius 2 is 1.60 bits per heavy atom. The van der Waals surface area contributed by atoms with E-state index < -0.39 is 30.2 Å². The monoisotopic (exact) mass is 236 g/mol. The van der Waals surface area contributed by atoms with Gasteiger partial charge in [0.2, 0.25) is 0 Å². The summed E-state index contributed by atoms with van der Waals surface area (Å²) >= 11 is 0. The van der Waals surface area contributed by atoms with Gasteiger partial charge in [-0.2, -0.15) is 22.0 Å². The molecule has 0 saturated carbocycles. The lowest BCUT2D eigenvalue weighted by Crippen LogP contribution is -2.58. The molecule has 0 radical (unpaired) electrons. The van der Waals surface area contributed by atoms with Gasteiger partial charge in [0.05, 0.1) is 0 Å². The maximum atomic E-state index is 13.0. The minimum Gasteiger partial charge on any atom is -0.479 e. The molecule has 1 N–H and O–H groups in total. The smallest absolute Gasteiger partial charge is 0.457 e. The van der Waals surface area contributed by atoms with E-state index >= 15 is 0 Å². The van der Waals surface area contributed by atoms with Gasteiger partial charge in [-0.05, 0) is 0 Å². The van der Waals surface area contributed by atoms with Crippen LogP contribution in [0.5, 0.6) is 0 Å². The summed E-state index contributed by atoms with van der Waals surface area (Å²) in [5.41, 5.74) is -4.73. The number of carbonyl (C=O) groups is 1. The molecule has 0 aromatic carbocycles. The van der Waals surface area contributed by atoms with Gasteiger partial charge in [0.25, 0.3) is 5.67 Å². The molecule has 0 heterocycles. The molecule has 1 unspecified atom stereocenters. The molecule has 0 aliphatic heterocycles. The molecule has 0 aliphatic rings. The van der Waals surface area contributed by atoms with Crippen LogP contribution in [-0.4, -0.2) is 28.8 Å². The van der Waals surface area contributed by atoms with Crippen molar-refractivity contribution in [2.24, 2.45) is 0 Å². The molecule has 0 aromatic heterocycles. The molecule has 0 fully saturated rings. The fraction of sp³-hybridized carbons (Fsp3) is 0.571. The van der Waals surface area contributed by atoms with E-state index in [2.05, 4.69) is 6.58 Å². The van der Waals surface area contributed by atoms with E-state index in [1.54, 1.807) is 0 Å². The number of hydrogen-bond acceptors (Lipinski definition) is 1. The van der Waals surface area contributed by atoms with Crippen LogP contribution in [0.1, 0.15) is 6.42 Å². The van der Waals surface area contributed by atoms with Gasteiger partial charge in [0, 0.05) is 6.42 Å². The van der Waals surface area contributed by atoms with E-state index in [1.807, 2.05) is 0 Å². The maximum absolute atomic E-state index is 13.0. The second-order valence-electron chi connectivity index (χ2n) is 2.67. The fourth-order valence-corrected chi connectivity index (χ4v) is 0.773. The normalized spacial score (nSPS) is 16.9. The van der Waals surface area contributed by atoms with Gasteiger partial charge in [-0.25, -0.2) is 9.18 Å². The van der Waals surface area contributed by atoms with Crippen molar-refractivity contribution >= 4 is 5.97 Å². The van der Waals surface area contributed by atoms with E-state index in [-0.39, 0.29) is 0 Å². The number of rotatable bonds is 4. The molecule has 15 heavy (non-hydrogen) atoms. The second kappa shape index (κ2) is 3.74. The van der Waals surface area contributed by atoms with E-state index in [4.69, 9.17) is 5.11 Å². The Balaban J connectivity index is 5.44. The second-order valence-corrected chi connectivity index (χ2v) is 2.67. The molecule has 0 bridgehead atoms. The van der Waals surface area contributed by atoms with Gasteiger partial charge in [-0.1, -0.05) is 6.08 Å². The molecule has 8 heteroatoms. The number of halogens is 6. The van der Waals surface area contributed by atoms with Crippen LogP contribution in [0.3, 0.4) is 0 Å². The molecule has 2 nitrogen and oxygen atoms in total. The van der Waals surface area contributed by atoms with Crippen molar-refractivity contribution in [3.05, 3.63) is 12.7 Å². The summed E-state index contributed by atoms with van der Waals surface area (Å²) in [5, 5.41) is 8.06. The first kappa shape index (κ1) is 13.8. The van der Waals surface area contributed by atoms with Gasteiger partial charge < -0.3 is 5.11 Å². The van der Waals surface area contributed by atoms with Crippen molar-refractivity contribution in [2.75, 3.05) is 0 Å². The third kappa shape index (κ3) is 2.07. The molecule has 0 amide bonds. The summed E-state index contributed by atoms with van der Waals surface area (Å²) in [6.45, 7) is 2.72. The van der Waals surface area contributed by atoms with Crippen molar-refractivity contribution < 1.29 is 36.2 Å². The van der Waals surface area contributed by atoms with Crippen molar-refractivity contribution in [3.8, 4) is 0 Å². The van der Waals surface area contributed by atoms with Crippen LogP contribution in [-0.2, 0) is 4.79 Å². The molecule has 1 atom stereocenters. The van der Waals surface area contributed by atoms with Crippen LogP contribution < -0.4 is 0 Å². The number of carboxylic acid groups (broad SMARTS) is 1. The molecule has 0 aliphatic carbocycles. The lowest BCUT2D eigenvalue weighted by atomic mass is 9.93. The highest BCUT2D eigenvalue weighted by molar-refractivity contribution is 5.79. The van der Waals surface area contributed by atoms with Crippen LogP contribution in [0.4, 0.5) is 26.3 Å². The predicted octanol–water partition coefficient (Wildman–Crippen LogP) is 2.55. The lowest BCUT2D eigenvalue weighted by Gasteiger charge is -2.30. The first-order valence-corrected chi connectivity index (χ1v) is 3.48. The molecular weight excluding hydrogens is 230 g/mol. The average Bonchev–Trinajstić information content (AvgIpc) is 2.01. The fourth-order valence-electron chi connectivity index (χ4n) is 0.773. The van der Waals surface area contributed by atoms with E-state index in [9.17, 15) is 31.1 Å². The third-order valence-corrected chi connectivity index (χ3v) is 1.62. The molecule has 0 rings (SSSR count). The van der Waals surface area contributed by atoms with Crippen molar-refractivity contribution in [1.29, 1.82) is 0 Å². The molecule has 0 aromatic rings. The first-order valence-electron chi connectivity index (χ1n) is 3.48. The van der Waals surface area contributed by atoms with E-state index in [1.165, 1.54) is 0 Å². The number of hydrogen-bond donors (Lipinski definition) is 1. The molecular formula is C7H6F6O2. The summed E-state index contributed by atoms with van der Waals surface area (Å²) in [6.07, 6.45) is -7.58. The van der Waals surface area contributed by atoms with Crippen molar-refractivity contribution in [1.82, 2.24) is 0 Å². The molecule has 88 valence electrons. The SMILES string of the molecule is C=CCC(F)(C(=O)O)C(F)(F)C(F)(F)F. The standard InChI is InChI=1S/C7H6F6O2/c1-2-3-5(8,4(14)15)6(9,10)7(11,12)13/h2H,1,3H2,(H,14,15). The van der Waals surface area contributed by atoms with Gasteiger partial charge in [0.1, 0.15) is 0 Å². The number of allylic oxidation sites excluding steroid dienone is 1. The van der Waals surface area contributed by atoms with Crippen LogP contribution in [0, 0.1) is 0 Å². The zero-order valence-corrected chi connectivity index (χ0v) is 7.11. The first-order chi connectivity index (χ1) is 6.50. The summed E-state index contributed by atoms with van der Waals surface area (Å²) < 4.78 is 73.2. The van der Waals surface area contributed by atoms with E-state index in [0.717, 1.165) is 0 Å². The van der Waals surface area contributed by atoms with Gasteiger partial charge in [-0.15, -0.1) is 6.58 Å². The number of alkyl halides is 6. The lowest BCUT2D eigenvalue weighted by molar-refractivity contribution is -0.323. The summed E-state index contributed by atoms with van der Waals surface area (Å²) in [7, 11) is 0. The van der Waals surface area contributed by atoms with E-state index in [0.29, 0.717) is 6.08 Å². The number of carboxylic acids is 1. The highest BCUT2D eigenvalue weighted by Gasteiger charge is 2.74. The zero-order valence-electron chi connectivity index (χ0n) is 7.11. The van der Waals surface area contributed by atoms with Gasteiger partial charge >= 0.3 is 18.1 Å². The Labute approximate surface area is 80.2 Å². The Hall–Kier alpha value is -1.21. The van der Waals surface area contributed by atoms with Gasteiger partial charge in [0.15, 0.2) is 0 Å². The highest BCUT2D eigenvalue weighted by Crippen LogP contribution is 2.47. The minimum atomic E-state index is -6.27. The molecule has 0 spiro atoms. The third-order valence-electron chi connectivity index (χ3n) is 1.62. The Kier molecular flexibility index (Phi) is 3.44. The Bertz CT molecular complexity index is 271. The average molecular weight is 236 g/mol. The Morgan fingerprint density at radius 3 is 1.80 bits per heavy atom. The summed E-state index contributed by atoms with van der Waals surface area (Å²) in [4.78, 5) is 10.1. The van der Waals surface area contributed by atoms with Crippen LogP contribution >= 0.6 is 0 Å². The summed E-state index contributed by atoms with van der Waals surface area (Å²) in [6, 6.07) is 0. The minimum absolute atomic E-state index is 0.341. The quantitative estimate of drug-likeness (QED) is 0.601. The Morgan fingerprint density at radius 1 is 1.20 bits per heavy atom. The molecule has 0 saturated heterocycles. The van der Waals surface area contributed by atoms with Crippen molar-refractivity contribution in [2.45, 2.75) is 24.2 Å². The highest BCUT2D eigenvalue weighted by atomic mass is 19.4. The van der Waals surface area contributed by atoms with Gasteiger partial charge in [-0.3, -0.25) is 0 Å². The zero-order chi connectivity index (χ0) is 12.5. The predicted molar refractivity (Wildman–Crippen MR) is 37.3 cm³/mol. The maximum Gasteiger partial charge on any atom is 0.457 e. The largest absolute Gasteiger partial charge is 0.479 e. The summed E-state index contributed by atoms with van der Waals surface area (Å²) in [5.74, 6) is -8.86. The van der Waals surface area contributed by atoms with Crippen LogP contribution in [0.15, 0.2) is 12.7 Å². The van der Waals surface area contributed by atoms with Crippen LogP contribution in [0.2, 0.25) is 0 Å². The van der Waals surface area contributed by atoms with Crippen molar-refractivity contribution in [3.63, 3.8) is 0 Å².